The van der Waals surface area contributed by atoms with Crippen molar-refractivity contribution in [3.05, 3.63) is 48.2 Å². The Bertz CT molecular complexity index is 328. The van der Waals surface area contributed by atoms with Crippen molar-refractivity contribution in [2.75, 3.05) is 7.05 Å². The van der Waals surface area contributed by atoms with E-state index in [1.807, 2.05) is 43.3 Å². The quantitative estimate of drug-likeness (QED) is 0.589. The molecule has 1 rings (SSSR count). The first-order valence-electron chi connectivity index (χ1n) is 5.25. The fourth-order valence-electron chi connectivity index (χ4n) is 1.30. The van der Waals surface area contributed by atoms with Gasteiger partial charge in [0.05, 0.1) is 5.84 Å². The highest BCUT2D eigenvalue weighted by Crippen LogP contribution is 2.01. The molecule has 0 bridgehead atoms. The summed E-state index contributed by atoms with van der Waals surface area (Å²) in [6.07, 6.45) is 5.73. The number of allylic oxidation sites excluding steroid dienone is 1. The Morgan fingerprint density at radius 1 is 1.33 bits per heavy atom. The average Bonchev–Trinajstić information content (AvgIpc) is 2.29. The molecule has 0 amide bonds. The van der Waals surface area contributed by atoms with E-state index < -0.39 is 0 Å². The molecule has 0 aromatic heterocycles. The zero-order valence-electron chi connectivity index (χ0n) is 9.40. The largest absolute Gasteiger partial charge is 0.340 e. The predicted molar refractivity (Wildman–Crippen MR) is 65.1 cm³/mol. The average molecular weight is 202 g/mol. The summed E-state index contributed by atoms with van der Waals surface area (Å²) in [5, 5.41) is 7.60. The normalized spacial score (nSPS) is 10.5. The van der Waals surface area contributed by atoms with E-state index in [4.69, 9.17) is 5.41 Å². The maximum Gasteiger partial charge on any atom is 0.0992 e. The second-order valence-electron chi connectivity index (χ2n) is 3.49. The molecule has 0 saturated carbocycles. The molecule has 0 fully saturated rings. The molecule has 0 aliphatic heterocycles. The van der Waals surface area contributed by atoms with Crippen LogP contribution >= 0.6 is 0 Å². The highest BCUT2D eigenvalue weighted by Gasteiger charge is 1.95. The highest BCUT2D eigenvalue weighted by atomic mass is 15.1. The topological polar surface area (TPSA) is 27.1 Å². The number of hydrogen-bond acceptors (Lipinski definition) is 1. The van der Waals surface area contributed by atoms with E-state index in [1.54, 1.807) is 0 Å². The van der Waals surface area contributed by atoms with Crippen molar-refractivity contribution < 1.29 is 0 Å². The lowest BCUT2D eigenvalue weighted by molar-refractivity contribution is 0.660. The van der Waals surface area contributed by atoms with Crippen LogP contribution in [0, 0.1) is 5.41 Å². The van der Waals surface area contributed by atoms with Gasteiger partial charge in [0.25, 0.3) is 0 Å². The number of amidine groups is 1. The molecule has 15 heavy (non-hydrogen) atoms. The lowest BCUT2D eigenvalue weighted by Crippen LogP contribution is -2.18. The van der Waals surface area contributed by atoms with Crippen LogP contribution in [0.4, 0.5) is 0 Å². The molecular weight excluding hydrogens is 184 g/mol. The van der Waals surface area contributed by atoms with Crippen LogP contribution < -0.4 is 0 Å². The number of nitrogens with one attached hydrogen (secondary N) is 1. The second-order valence-corrected chi connectivity index (χ2v) is 3.49. The van der Waals surface area contributed by atoms with Crippen molar-refractivity contribution in [2.24, 2.45) is 0 Å². The molecule has 1 N–H and O–H groups in total. The fraction of sp³-hybridized carbons (Fsp3) is 0.308. The van der Waals surface area contributed by atoms with Crippen LogP contribution in [0.5, 0.6) is 0 Å². The van der Waals surface area contributed by atoms with Gasteiger partial charge >= 0.3 is 0 Å². The van der Waals surface area contributed by atoms with Crippen LogP contribution in [0.1, 0.15) is 18.9 Å². The summed E-state index contributed by atoms with van der Waals surface area (Å²) >= 11 is 0. The maximum absolute atomic E-state index is 7.60. The smallest absolute Gasteiger partial charge is 0.0992 e. The summed E-state index contributed by atoms with van der Waals surface area (Å²) in [6.45, 7) is 1.99. The van der Waals surface area contributed by atoms with Crippen molar-refractivity contribution in [3.8, 4) is 0 Å². The van der Waals surface area contributed by atoms with Gasteiger partial charge in [-0.3, -0.25) is 5.41 Å². The first-order valence-corrected chi connectivity index (χ1v) is 5.25. The number of benzene rings is 1. The van der Waals surface area contributed by atoms with Gasteiger partial charge in [-0.15, -0.1) is 0 Å². The van der Waals surface area contributed by atoms with Crippen LogP contribution in [-0.2, 0) is 6.42 Å². The van der Waals surface area contributed by atoms with Crippen molar-refractivity contribution in [3.63, 3.8) is 0 Å². The molecule has 0 aliphatic carbocycles. The Morgan fingerprint density at radius 2 is 2.00 bits per heavy atom. The first-order chi connectivity index (χ1) is 7.24. The monoisotopic (exact) mass is 202 g/mol. The Balaban J connectivity index is 2.43. The third-order valence-electron chi connectivity index (χ3n) is 2.29. The molecule has 0 saturated heterocycles. The molecule has 2 nitrogen and oxygen atoms in total. The Hall–Kier alpha value is -1.57. The lowest BCUT2D eigenvalue weighted by atomic mass is 10.1. The molecular formula is C13H18N2. The van der Waals surface area contributed by atoms with Crippen LogP contribution in [0.15, 0.2) is 42.6 Å². The Morgan fingerprint density at radius 3 is 2.60 bits per heavy atom. The molecule has 1 aromatic rings. The lowest BCUT2D eigenvalue weighted by Gasteiger charge is -2.12. The van der Waals surface area contributed by atoms with Crippen molar-refractivity contribution >= 4 is 5.84 Å². The van der Waals surface area contributed by atoms with Gasteiger partial charge in [-0.05, 0) is 12.0 Å². The van der Waals surface area contributed by atoms with E-state index in [1.165, 1.54) is 5.56 Å². The highest BCUT2D eigenvalue weighted by molar-refractivity contribution is 5.79. The minimum Gasteiger partial charge on any atom is -0.340 e. The van der Waals surface area contributed by atoms with Crippen molar-refractivity contribution in [1.82, 2.24) is 4.90 Å². The van der Waals surface area contributed by atoms with Gasteiger partial charge in [0.2, 0.25) is 0 Å². The van der Waals surface area contributed by atoms with Gasteiger partial charge < -0.3 is 4.90 Å². The zero-order chi connectivity index (χ0) is 11.1. The SMILES string of the molecule is CCC(=N)N(C)/C=C\Cc1ccccc1. The van der Waals surface area contributed by atoms with Crippen molar-refractivity contribution in [2.45, 2.75) is 19.8 Å². The van der Waals surface area contributed by atoms with Gasteiger partial charge in [0.1, 0.15) is 0 Å². The molecule has 0 heterocycles. The summed E-state index contributed by atoms with van der Waals surface area (Å²) in [4.78, 5) is 1.85. The van der Waals surface area contributed by atoms with Crippen molar-refractivity contribution in [1.29, 1.82) is 5.41 Å². The van der Waals surface area contributed by atoms with Crippen LogP contribution in [0.2, 0.25) is 0 Å². The summed E-state index contributed by atoms with van der Waals surface area (Å²) in [6, 6.07) is 10.3. The first kappa shape index (κ1) is 11.5. The van der Waals surface area contributed by atoms with E-state index in [0.717, 1.165) is 12.8 Å². The minimum atomic E-state index is 0.638. The molecule has 0 unspecified atom stereocenters. The Kier molecular flexibility index (Phi) is 4.61. The van der Waals surface area contributed by atoms with Gasteiger partial charge in [-0.2, -0.15) is 0 Å². The van der Waals surface area contributed by atoms with E-state index >= 15 is 0 Å². The third kappa shape index (κ3) is 3.98. The molecule has 0 atom stereocenters. The van der Waals surface area contributed by atoms with E-state index in [9.17, 15) is 0 Å². The summed E-state index contributed by atoms with van der Waals surface area (Å²) in [5.74, 6) is 0.638. The summed E-state index contributed by atoms with van der Waals surface area (Å²) < 4.78 is 0. The molecule has 0 aliphatic rings. The molecule has 0 spiro atoms. The predicted octanol–water partition coefficient (Wildman–Crippen LogP) is 3.06. The van der Waals surface area contributed by atoms with Gasteiger partial charge in [0, 0.05) is 19.7 Å². The van der Waals surface area contributed by atoms with E-state index in [0.29, 0.717) is 5.84 Å². The molecule has 2 heteroatoms. The third-order valence-corrected chi connectivity index (χ3v) is 2.29. The fourth-order valence-corrected chi connectivity index (χ4v) is 1.30. The number of rotatable bonds is 4. The standard InChI is InChI=1S/C13H18N2/c1-3-13(14)15(2)11-7-10-12-8-5-4-6-9-12/h4-9,11,14H,3,10H2,1-2H3/b11-7-,14-13?. The van der Waals surface area contributed by atoms with Gasteiger partial charge in [-0.1, -0.05) is 43.3 Å². The van der Waals surface area contributed by atoms with Crippen LogP contribution in [0.25, 0.3) is 0 Å². The molecule has 1 aromatic carbocycles. The zero-order valence-corrected chi connectivity index (χ0v) is 9.40. The molecule has 80 valence electrons. The van der Waals surface area contributed by atoms with Gasteiger partial charge in [0.15, 0.2) is 0 Å². The Labute approximate surface area is 91.7 Å². The minimum absolute atomic E-state index is 0.638. The number of hydrogen-bond donors (Lipinski definition) is 1. The van der Waals surface area contributed by atoms with Gasteiger partial charge in [-0.25, -0.2) is 0 Å². The second kappa shape index (κ2) is 6.02. The van der Waals surface area contributed by atoms with E-state index in [2.05, 4.69) is 18.2 Å². The van der Waals surface area contributed by atoms with E-state index in [-0.39, 0.29) is 0 Å². The van der Waals surface area contributed by atoms with Crippen LogP contribution in [0.3, 0.4) is 0 Å². The summed E-state index contributed by atoms with van der Waals surface area (Å²) in [7, 11) is 1.91. The maximum atomic E-state index is 7.60. The number of nitrogens with zero attached hydrogens (tertiary/aromatic N) is 1. The summed E-state index contributed by atoms with van der Waals surface area (Å²) in [5.41, 5.74) is 1.30. The van der Waals surface area contributed by atoms with Crippen LogP contribution in [-0.4, -0.2) is 17.8 Å². The molecule has 0 radical (unpaired) electrons.